The summed E-state index contributed by atoms with van der Waals surface area (Å²) in [7, 11) is -3.80. The Morgan fingerprint density at radius 2 is 1.80 bits per heavy atom. The second kappa shape index (κ2) is 8.57. The van der Waals surface area contributed by atoms with Gasteiger partial charge in [-0.2, -0.15) is 4.31 Å². The largest absolute Gasteiger partial charge is 0.493 e. The van der Waals surface area contributed by atoms with E-state index in [1.54, 1.807) is 30.3 Å². The number of hydrogen-bond donors (Lipinski definition) is 0. The fourth-order valence-electron chi connectivity index (χ4n) is 3.76. The lowest BCUT2D eigenvalue weighted by Crippen LogP contribution is -2.36. The Bertz CT molecular complexity index is 1070. The molecule has 0 aromatic heterocycles. The number of piperidine rings is 1. The van der Waals surface area contributed by atoms with E-state index in [0.29, 0.717) is 25.3 Å². The van der Waals surface area contributed by atoms with Gasteiger partial charge in [-0.15, -0.1) is 0 Å². The number of nitrogens with zero attached hydrogens (tertiary/aromatic N) is 1. The molecule has 2 aliphatic heterocycles. The molecule has 158 valence electrons. The van der Waals surface area contributed by atoms with Gasteiger partial charge < -0.3 is 9.47 Å². The van der Waals surface area contributed by atoms with Crippen LogP contribution in [-0.2, 0) is 21.2 Å². The number of hydrogen-bond acceptors (Lipinski definition) is 6. The van der Waals surface area contributed by atoms with Crippen molar-refractivity contribution < 1.29 is 27.5 Å². The maximum atomic E-state index is 13.0. The second-order valence-electron chi connectivity index (χ2n) is 7.38. The van der Waals surface area contributed by atoms with Gasteiger partial charge in [0.1, 0.15) is 5.75 Å². The van der Waals surface area contributed by atoms with Gasteiger partial charge in [-0.1, -0.05) is 18.6 Å². The van der Waals surface area contributed by atoms with Crippen molar-refractivity contribution in [3.63, 3.8) is 0 Å². The number of ketones is 1. The molecule has 0 spiro atoms. The highest BCUT2D eigenvalue weighted by atomic mass is 32.2. The highest BCUT2D eigenvalue weighted by molar-refractivity contribution is 7.89. The summed E-state index contributed by atoms with van der Waals surface area (Å²) < 4.78 is 38.1. The van der Waals surface area contributed by atoms with Gasteiger partial charge in [-0.25, -0.2) is 13.2 Å². The van der Waals surface area contributed by atoms with Gasteiger partial charge in [0.05, 0.1) is 17.1 Å². The van der Waals surface area contributed by atoms with E-state index in [2.05, 4.69) is 0 Å². The molecule has 2 aromatic carbocycles. The number of carbonyl (C=O) groups excluding carboxylic acids is 2. The van der Waals surface area contributed by atoms with Crippen molar-refractivity contribution in [3.8, 4) is 5.75 Å². The van der Waals surface area contributed by atoms with Gasteiger partial charge >= 0.3 is 5.97 Å². The molecule has 2 aromatic rings. The summed E-state index contributed by atoms with van der Waals surface area (Å²) in [6.45, 7) is 0.999. The SMILES string of the molecule is O=C(COC(=O)c1ccccc1S(=O)(=O)N1CCCCC1)c1ccc2c(c1)CCO2. The van der Waals surface area contributed by atoms with E-state index < -0.39 is 22.6 Å². The Morgan fingerprint density at radius 3 is 2.60 bits per heavy atom. The zero-order valence-corrected chi connectivity index (χ0v) is 17.3. The van der Waals surface area contributed by atoms with E-state index >= 15 is 0 Å². The van der Waals surface area contributed by atoms with E-state index in [4.69, 9.17) is 9.47 Å². The van der Waals surface area contributed by atoms with Crippen molar-refractivity contribution in [2.75, 3.05) is 26.3 Å². The zero-order chi connectivity index (χ0) is 21.1. The molecular formula is C22H23NO6S. The Kier molecular flexibility index (Phi) is 5.87. The molecule has 0 saturated carbocycles. The summed E-state index contributed by atoms with van der Waals surface area (Å²) in [4.78, 5) is 25.0. The van der Waals surface area contributed by atoms with E-state index in [1.807, 2.05) is 0 Å². The molecule has 0 aliphatic carbocycles. The molecule has 0 unspecified atom stereocenters. The van der Waals surface area contributed by atoms with Crippen molar-refractivity contribution >= 4 is 21.8 Å². The van der Waals surface area contributed by atoms with Gasteiger partial charge in [0.2, 0.25) is 10.0 Å². The summed E-state index contributed by atoms with van der Waals surface area (Å²) in [5, 5.41) is 0. The van der Waals surface area contributed by atoms with Crippen LogP contribution < -0.4 is 4.74 Å². The number of benzene rings is 2. The predicted molar refractivity (Wildman–Crippen MR) is 109 cm³/mol. The van der Waals surface area contributed by atoms with Gasteiger partial charge in [0, 0.05) is 25.1 Å². The first-order valence-corrected chi connectivity index (χ1v) is 11.5. The molecule has 0 radical (unpaired) electrons. The van der Waals surface area contributed by atoms with Crippen LogP contribution in [-0.4, -0.2) is 50.8 Å². The third kappa shape index (κ3) is 4.11. The van der Waals surface area contributed by atoms with E-state index in [1.165, 1.54) is 16.4 Å². The van der Waals surface area contributed by atoms with Crippen LogP contribution in [0.3, 0.4) is 0 Å². The lowest BCUT2D eigenvalue weighted by molar-refractivity contribution is 0.0471. The second-order valence-corrected chi connectivity index (χ2v) is 9.29. The number of ether oxygens (including phenoxy) is 2. The monoisotopic (exact) mass is 429 g/mol. The number of esters is 1. The molecule has 0 bridgehead atoms. The van der Waals surface area contributed by atoms with E-state index in [0.717, 1.165) is 37.0 Å². The number of Topliss-reactive ketones (excluding diaryl/α,β-unsaturated/α-hetero) is 1. The molecule has 0 amide bonds. The fourth-order valence-corrected chi connectivity index (χ4v) is 5.45. The minimum atomic E-state index is -3.80. The Morgan fingerprint density at radius 1 is 1.03 bits per heavy atom. The van der Waals surface area contributed by atoms with Crippen LogP contribution >= 0.6 is 0 Å². The summed E-state index contributed by atoms with van der Waals surface area (Å²) in [5.41, 5.74) is 1.32. The average Bonchev–Trinajstić information content (AvgIpc) is 3.25. The fraction of sp³-hybridized carbons (Fsp3) is 0.364. The topological polar surface area (TPSA) is 90.0 Å². The molecule has 7 nitrogen and oxygen atoms in total. The van der Waals surface area contributed by atoms with Crippen molar-refractivity contribution in [3.05, 3.63) is 59.2 Å². The standard InChI is InChI=1S/C22H23NO6S/c24-19(16-8-9-20-17(14-16)10-13-28-20)15-29-22(25)18-6-2-3-7-21(18)30(26,27)23-11-4-1-5-12-23/h2-3,6-9,14H,1,4-5,10-13,15H2. The van der Waals surface area contributed by atoms with Crippen LogP contribution in [0.4, 0.5) is 0 Å². The van der Waals surface area contributed by atoms with Gasteiger partial charge in [0.15, 0.2) is 12.4 Å². The van der Waals surface area contributed by atoms with Crippen LogP contribution in [0.1, 0.15) is 45.5 Å². The normalized spacial score (nSPS) is 16.5. The zero-order valence-electron chi connectivity index (χ0n) is 16.5. The molecular weight excluding hydrogens is 406 g/mol. The smallest absolute Gasteiger partial charge is 0.339 e. The molecule has 1 fully saturated rings. The van der Waals surface area contributed by atoms with Gasteiger partial charge in [-0.05, 0) is 48.7 Å². The molecule has 30 heavy (non-hydrogen) atoms. The van der Waals surface area contributed by atoms with Crippen LogP contribution in [0.15, 0.2) is 47.4 Å². The molecule has 0 atom stereocenters. The Balaban J connectivity index is 1.48. The number of rotatable bonds is 6. The highest BCUT2D eigenvalue weighted by Gasteiger charge is 2.30. The Labute approximate surface area is 175 Å². The molecule has 1 saturated heterocycles. The quantitative estimate of drug-likeness (QED) is 0.518. The van der Waals surface area contributed by atoms with E-state index in [-0.39, 0.29) is 16.2 Å². The van der Waals surface area contributed by atoms with E-state index in [9.17, 15) is 18.0 Å². The van der Waals surface area contributed by atoms with Gasteiger partial charge in [0.25, 0.3) is 0 Å². The lowest BCUT2D eigenvalue weighted by Gasteiger charge is -2.26. The summed E-state index contributed by atoms with van der Waals surface area (Å²) >= 11 is 0. The number of sulfonamides is 1. The first-order valence-electron chi connectivity index (χ1n) is 10.0. The summed E-state index contributed by atoms with van der Waals surface area (Å²) in [6, 6.07) is 11.1. The third-order valence-electron chi connectivity index (χ3n) is 5.39. The van der Waals surface area contributed by atoms with Crippen LogP contribution in [0.25, 0.3) is 0 Å². The molecule has 4 rings (SSSR count). The van der Waals surface area contributed by atoms with Crippen molar-refractivity contribution in [1.29, 1.82) is 0 Å². The maximum absolute atomic E-state index is 13.0. The first kappa shape index (κ1) is 20.6. The maximum Gasteiger partial charge on any atom is 0.339 e. The van der Waals surface area contributed by atoms with Gasteiger partial charge in [-0.3, -0.25) is 4.79 Å². The molecule has 8 heteroatoms. The third-order valence-corrected chi connectivity index (χ3v) is 7.34. The molecule has 2 aliphatic rings. The molecule has 2 heterocycles. The van der Waals surface area contributed by atoms with Crippen LogP contribution in [0.2, 0.25) is 0 Å². The minimum absolute atomic E-state index is 0.0572. The summed E-state index contributed by atoms with van der Waals surface area (Å²) in [5.74, 6) is -0.418. The predicted octanol–water partition coefficient (Wildman–Crippen LogP) is 2.84. The highest BCUT2D eigenvalue weighted by Crippen LogP contribution is 2.27. The average molecular weight is 429 g/mol. The van der Waals surface area contributed by atoms with Crippen molar-refractivity contribution in [2.45, 2.75) is 30.6 Å². The van der Waals surface area contributed by atoms with Crippen molar-refractivity contribution in [1.82, 2.24) is 4.31 Å². The lowest BCUT2D eigenvalue weighted by atomic mass is 10.1. The summed E-state index contributed by atoms with van der Waals surface area (Å²) in [6.07, 6.45) is 3.32. The Hall–Kier alpha value is -2.71. The molecule has 0 N–H and O–H groups in total. The minimum Gasteiger partial charge on any atom is -0.493 e. The van der Waals surface area contributed by atoms with Crippen LogP contribution in [0, 0.1) is 0 Å². The number of fused-ring (bicyclic) bond motifs is 1. The first-order chi connectivity index (χ1) is 14.5. The van der Waals surface area contributed by atoms with Crippen LogP contribution in [0.5, 0.6) is 5.75 Å². The number of carbonyl (C=O) groups is 2. The van der Waals surface area contributed by atoms with Crippen molar-refractivity contribution in [2.24, 2.45) is 0 Å².